The first-order valence-electron chi connectivity index (χ1n) is 5.05. The van der Waals surface area contributed by atoms with Gasteiger partial charge in [0, 0.05) is 19.2 Å². The second-order valence-electron chi connectivity index (χ2n) is 3.88. The summed E-state index contributed by atoms with van der Waals surface area (Å²) in [6.45, 7) is 3.41. The van der Waals surface area contributed by atoms with E-state index in [4.69, 9.17) is 0 Å². The molecule has 0 bridgehead atoms. The van der Waals surface area contributed by atoms with Crippen LogP contribution in [0.1, 0.15) is 18.4 Å². The highest BCUT2D eigenvalue weighted by Gasteiger charge is 2.19. The van der Waals surface area contributed by atoms with E-state index in [1.54, 1.807) is 0 Å². The lowest BCUT2D eigenvalue weighted by Crippen LogP contribution is -2.36. The number of aryl methyl sites for hydroxylation is 1. The van der Waals surface area contributed by atoms with Crippen molar-refractivity contribution in [3.8, 4) is 0 Å². The number of hydrogen-bond acceptors (Lipinski definition) is 3. The van der Waals surface area contributed by atoms with E-state index >= 15 is 0 Å². The van der Waals surface area contributed by atoms with E-state index in [1.807, 2.05) is 24.1 Å². The van der Waals surface area contributed by atoms with Crippen LogP contribution in [-0.4, -0.2) is 23.9 Å². The highest BCUT2D eigenvalue weighted by atomic mass is 79.9. The Hall–Kier alpha value is -0.900. The van der Waals surface area contributed by atoms with Crippen molar-refractivity contribution in [1.82, 2.24) is 4.98 Å². The number of rotatable bonds is 1. The van der Waals surface area contributed by atoms with Crippen molar-refractivity contribution in [1.29, 1.82) is 0 Å². The highest BCUT2D eigenvalue weighted by Crippen LogP contribution is 2.26. The van der Waals surface area contributed by atoms with Gasteiger partial charge in [0.1, 0.15) is 5.82 Å². The van der Waals surface area contributed by atoms with Crippen LogP contribution in [0.25, 0.3) is 0 Å². The number of ketones is 1. The molecule has 0 radical (unpaired) electrons. The van der Waals surface area contributed by atoms with Crippen molar-refractivity contribution in [2.45, 2.75) is 19.8 Å². The number of piperidine rings is 1. The van der Waals surface area contributed by atoms with Gasteiger partial charge < -0.3 is 4.90 Å². The Morgan fingerprint density at radius 2 is 2.33 bits per heavy atom. The van der Waals surface area contributed by atoms with Crippen LogP contribution >= 0.6 is 15.9 Å². The van der Waals surface area contributed by atoms with Gasteiger partial charge in [-0.05, 0) is 40.9 Å². The lowest BCUT2D eigenvalue weighted by atomic mass is 10.1. The number of carbonyl (C=O) groups excluding carboxylic acids is 1. The summed E-state index contributed by atoms with van der Waals surface area (Å²) in [6, 6.07) is 2.03. The van der Waals surface area contributed by atoms with Crippen molar-refractivity contribution in [3.05, 3.63) is 22.3 Å². The molecular weight excluding hydrogens is 256 g/mol. The molecule has 0 unspecified atom stereocenters. The van der Waals surface area contributed by atoms with Crippen LogP contribution in [0.4, 0.5) is 5.82 Å². The summed E-state index contributed by atoms with van der Waals surface area (Å²) in [5.41, 5.74) is 1.12. The van der Waals surface area contributed by atoms with Gasteiger partial charge in [0.25, 0.3) is 0 Å². The molecule has 1 aromatic rings. The minimum absolute atomic E-state index is 0.301. The Bertz CT molecular complexity index is 392. The third-order valence-corrected chi connectivity index (χ3v) is 3.09. The standard InChI is InChI=1S/C11H13BrN2O/c1-8-5-10(12)11(13-6-8)14-4-2-3-9(15)7-14/h5-6H,2-4,7H2,1H3. The van der Waals surface area contributed by atoms with Gasteiger partial charge in [0.05, 0.1) is 11.0 Å². The highest BCUT2D eigenvalue weighted by molar-refractivity contribution is 9.10. The maximum absolute atomic E-state index is 11.3. The number of Topliss-reactive ketones (excluding diaryl/α,β-unsaturated/α-hetero) is 1. The molecule has 0 spiro atoms. The van der Waals surface area contributed by atoms with Gasteiger partial charge in [-0.1, -0.05) is 0 Å². The van der Waals surface area contributed by atoms with Gasteiger partial charge in [-0.3, -0.25) is 4.79 Å². The van der Waals surface area contributed by atoms with Gasteiger partial charge in [-0.2, -0.15) is 0 Å². The molecule has 0 aliphatic carbocycles. The monoisotopic (exact) mass is 268 g/mol. The van der Waals surface area contributed by atoms with Gasteiger partial charge >= 0.3 is 0 Å². The predicted octanol–water partition coefficient (Wildman–Crippen LogP) is 2.32. The lowest BCUT2D eigenvalue weighted by molar-refractivity contribution is -0.118. The normalized spacial score (nSPS) is 16.9. The number of anilines is 1. The summed E-state index contributed by atoms with van der Waals surface area (Å²) in [7, 11) is 0. The molecule has 3 nitrogen and oxygen atoms in total. The largest absolute Gasteiger partial charge is 0.348 e. The van der Waals surface area contributed by atoms with Crippen LogP contribution in [0.15, 0.2) is 16.7 Å². The first-order valence-corrected chi connectivity index (χ1v) is 5.85. The van der Waals surface area contributed by atoms with Gasteiger partial charge in [-0.25, -0.2) is 4.98 Å². The van der Waals surface area contributed by atoms with Crippen LogP contribution < -0.4 is 4.90 Å². The molecule has 1 fully saturated rings. The zero-order chi connectivity index (χ0) is 10.8. The minimum Gasteiger partial charge on any atom is -0.348 e. The number of halogens is 1. The SMILES string of the molecule is Cc1cnc(N2CCCC(=O)C2)c(Br)c1. The molecule has 0 aromatic carbocycles. The molecule has 0 saturated carbocycles. The summed E-state index contributed by atoms with van der Waals surface area (Å²) < 4.78 is 0.970. The quantitative estimate of drug-likeness (QED) is 0.784. The number of hydrogen-bond donors (Lipinski definition) is 0. The molecule has 2 rings (SSSR count). The molecule has 1 saturated heterocycles. The Morgan fingerprint density at radius 1 is 1.53 bits per heavy atom. The molecule has 1 aliphatic rings. The van der Waals surface area contributed by atoms with Crippen molar-refractivity contribution >= 4 is 27.5 Å². The van der Waals surface area contributed by atoms with E-state index in [1.165, 1.54) is 0 Å². The van der Waals surface area contributed by atoms with Crippen molar-refractivity contribution < 1.29 is 4.79 Å². The van der Waals surface area contributed by atoms with Gasteiger partial charge in [0.2, 0.25) is 0 Å². The van der Waals surface area contributed by atoms with Crippen LogP contribution in [-0.2, 0) is 4.79 Å². The summed E-state index contributed by atoms with van der Waals surface area (Å²) in [6.07, 6.45) is 3.47. The number of aromatic nitrogens is 1. The predicted molar refractivity (Wildman–Crippen MR) is 63.1 cm³/mol. The third-order valence-electron chi connectivity index (χ3n) is 2.51. The summed E-state index contributed by atoms with van der Waals surface area (Å²) in [5.74, 6) is 1.18. The minimum atomic E-state index is 0.301. The lowest BCUT2D eigenvalue weighted by Gasteiger charge is -2.27. The molecule has 0 N–H and O–H groups in total. The van der Waals surface area contributed by atoms with Crippen molar-refractivity contribution in [3.63, 3.8) is 0 Å². The summed E-state index contributed by atoms with van der Waals surface area (Å²) in [4.78, 5) is 17.7. The molecule has 2 heterocycles. The van der Waals surface area contributed by atoms with E-state index in [0.717, 1.165) is 28.8 Å². The van der Waals surface area contributed by atoms with Crippen molar-refractivity contribution in [2.24, 2.45) is 0 Å². The fourth-order valence-corrected chi connectivity index (χ4v) is 2.49. The zero-order valence-electron chi connectivity index (χ0n) is 8.66. The fraction of sp³-hybridized carbons (Fsp3) is 0.455. The smallest absolute Gasteiger partial charge is 0.152 e. The van der Waals surface area contributed by atoms with E-state index in [-0.39, 0.29) is 0 Å². The molecule has 0 atom stereocenters. The third kappa shape index (κ3) is 2.37. The molecule has 4 heteroatoms. The summed E-state index contributed by atoms with van der Waals surface area (Å²) >= 11 is 3.49. The van der Waals surface area contributed by atoms with Gasteiger partial charge in [-0.15, -0.1) is 0 Å². The topological polar surface area (TPSA) is 33.2 Å². The van der Waals surface area contributed by atoms with Crippen LogP contribution in [0.3, 0.4) is 0 Å². The molecule has 15 heavy (non-hydrogen) atoms. The Kier molecular flexibility index (Phi) is 3.05. The first-order chi connectivity index (χ1) is 7.16. The van der Waals surface area contributed by atoms with Gasteiger partial charge in [0.15, 0.2) is 5.78 Å². The maximum Gasteiger partial charge on any atom is 0.152 e. The molecule has 0 amide bonds. The van der Waals surface area contributed by atoms with E-state index in [2.05, 4.69) is 20.9 Å². The van der Waals surface area contributed by atoms with Crippen LogP contribution in [0.5, 0.6) is 0 Å². The number of nitrogens with zero attached hydrogens (tertiary/aromatic N) is 2. The van der Waals surface area contributed by atoms with Crippen molar-refractivity contribution in [2.75, 3.05) is 18.0 Å². The molecule has 1 aromatic heterocycles. The fourth-order valence-electron chi connectivity index (χ4n) is 1.78. The molecular formula is C11H13BrN2O. The molecule has 80 valence electrons. The second-order valence-corrected chi connectivity index (χ2v) is 4.74. The average molecular weight is 269 g/mol. The maximum atomic E-state index is 11.3. The average Bonchev–Trinajstić information content (AvgIpc) is 2.17. The van der Waals surface area contributed by atoms with Crippen LogP contribution in [0.2, 0.25) is 0 Å². The second kappa shape index (κ2) is 4.31. The Morgan fingerprint density at radius 3 is 3.00 bits per heavy atom. The van der Waals surface area contributed by atoms with E-state index < -0.39 is 0 Å². The number of pyridine rings is 1. The molecule has 1 aliphatic heterocycles. The zero-order valence-corrected chi connectivity index (χ0v) is 10.2. The van der Waals surface area contributed by atoms with E-state index in [9.17, 15) is 4.79 Å². The Balaban J connectivity index is 2.24. The first kappa shape index (κ1) is 10.6. The summed E-state index contributed by atoms with van der Waals surface area (Å²) in [5, 5.41) is 0. The van der Waals surface area contributed by atoms with E-state index in [0.29, 0.717) is 18.7 Å². The number of carbonyl (C=O) groups is 1. The van der Waals surface area contributed by atoms with Crippen LogP contribution in [0, 0.1) is 6.92 Å². The Labute approximate surface area is 97.6 Å².